The van der Waals surface area contributed by atoms with Crippen LogP contribution in [0.3, 0.4) is 0 Å². The number of amides is 1. The second kappa shape index (κ2) is 10.1. The summed E-state index contributed by atoms with van der Waals surface area (Å²) >= 11 is 0. The lowest BCUT2D eigenvalue weighted by molar-refractivity contribution is 0.102. The average Bonchev–Trinajstić information content (AvgIpc) is 3.32. The Morgan fingerprint density at radius 1 is 0.886 bits per heavy atom. The molecule has 0 saturated carbocycles. The molecule has 0 fully saturated rings. The van der Waals surface area contributed by atoms with Crippen LogP contribution in [0.4, 0.5) is 11.4 Å². The molecule has 4 rings (SSSR count). The minimum absolute atomic E-state index is 0.0296. The highest BCUT2D eigenvalue weighted by Crippen LogP contribution is 2.27. The van der Waals surface area contributed by atoms with Crippen molar-refractivity contribution in [2.24, 2.45) is 0 Å². The zero-order chi connectivity index (χ0) is 25.0. The number of anilines is 2. The Morgan fingerprint density at radius 3 is 2.29 bits per heavy atom. The monoisotopic (exact) mass is 490 g/mol. The largest absolute Gasteiger partial charge is 0.416 e. The zero-order valence-electron chi connectivity index (χ0n) is 19.7. The van der Waals surface area contributed by atoms with Crippen molar-refractivity contribution in [3.63, 3.8) is 0 Å². The predicted octanol–water partition coefficient (Wildman–Crippen LogP) is 5.42. The number of hydrogen-bond donors (Lipinski definition) is 2. The number of aromatic nitrogens is 2. The Morgan fingerprint density at radius 2 is 1.57 bits per heavy atom. The van der Waals surface area contributed by atoms with Crippen LogP contribution in [0.2, 0.25) is 0 Å². The summed E-state index contributed by atoms with van der Waals surface area (Å²) in [7, 11) is -3.44. The highest BCUT2D eigenvalue weighted by atomic mass is 32.2. The number of carbonyl (C=O) groups excluding carboxylic acids is 1. The van der Waals surface area contributed by atoms with E-state index in [1.165, 1.54) is 0 Å². The molecule has 3 aromatic carbocycles. The van der Waals surface area contributed by atoms with Crippen LogP contribution >= 0.6 is 0 Å². The van der Waals surface area contributed by atoms with Crippen molar-refractivity contribution in [1.82, 2.24) is 10.2 Å². The number of nitrogens with one attached hydrogen (secondary N) is 2. The summed E-state index contributed by atoms with van der Waals surface area (Å²) in [6, 6.07) is 19.7. The van der Waals surface area contributed by atoms with Crippen molar-refractivity contribution >= 4 is 27.3 Å². The molecule has 1 heterocycles. The maximum absolute atomic E-state index is 12.8. The van der Waals surface area contributed by atoms with Gasteiger partial charge in [0.1, 0.15) is 0 Å². The van der Waals surface area contributed by atoms with Crippen LogP contribution in [0.25, 0.3) is 22.9 Å². The lowest BCUT2D eigenvalue weighted by Crippen LogP contribution is -2.18. The lowest BCUT2D eigenvalue weighted by Gasteiger charge is -2.14. The summed E-state index contributed by atoms with van der Waals surface area (Å²) in [5.41, 5.74) is 4.62. The van der Waals surface area contributed by atoms with E-state index in [0.29, 0.717) is 46.3 Å². The first-order chi connectivity index (χ1) is 16.8. The van der Waals surface area contributed by atoms with E-state index in [-0.39, 0.29) is 11.7 Å². The van der Waals surface area contributed by atoms with E-state index < -0.39 is 10.0 Å². The van der Waals surface area contributed by atoms with E-state index in [9.17, 15) is 13.2 Å². The Balaban J connectivity index is 1.49. The molecule has 0 unspecified atom stereocenters. The maximum atomic E-state index is 12.8. The molecule has 35 heavy (non-hydrogen) atoms. The summed E-state index contributed by atoms with van der Waals surface area (Å²) in [5, 5.41) is 11.1. The standard InChI is InChI=1S/C26H26N4O4S/c1-4-16-35(32,33)30-23-11-7-10-22(18(23)3)27-24(31)19-12-14-20(15-13-19)25-28-29-26(34-25)21-9-6-5-8-17(21)2/h5-15,30H,4,16H2,1-3H3,(H,27,31). The van der Waals surface area contributed by atoms with Crippen molar-refractivity contribution in [3.05, 3.63) is 83.4 Å². The number of hydrogen-bond acceptors (Lipinski definition) is 6. The molecule has 0 radical (unpaired) electrons. The predicted molar refractivity (Wildman–Crippen MR) is 137 cm³/mol. The highest BCUT2D eigenvalue weighted by Gasteiger charge is 2.16. The van der Waals surface area contributed by atoms with Gasteiger partial charge >= 0.3 is 0 Å². The van der Waals surface area contributed by atoms with Gasteiger partial charge in [0, 0.05) is 22.4 Å². The van der Waals surface area contributed by atoms with Gasteiger partial charge in [0.15, 0.2) is 0 Å². The van der Waals surface area contributed by atoms with Crippen LogP contribution in [-0.4, -0.2) is 30.3 Å². The first kappa shape index (κ1) is 24.2. The molecule has 180 valence electrons. The van der Waals surface area contributed by atoms with Gasteiger partial charge < -0.3 is 9.73 Å². The Kier molecular flexibility index (Phi) is 6.97. The molecule has 1 amide bonds. The highest BCUT2D eigenvalue weighted by molar-refractivity contribution is 7.92. The fourth-order valence-electron chi connectivity index (χ4n) is 3.59. The molecule has 0 saturated heterocycles. The zero-order valence-corrected chi connectivity index (χ0v) is 20.5. The molecular formula is C26H26N4O4S. The van der Waals surface area contributed by atoms with Crippen LogP contribution in [0.15, 0.2) is 71.1 Å². The molecule has 0 aliphatic carbocycles. The van der Waals surface area contributed by atoms with Gasteiger partial charge in [-0.15, -0.1) is 10.2 Å². The van der Waals surface area contributed by atoms with Crippen molar-refractivity contribution in [2.75, 3.05) is 15.8 Å². The van der Waals surface area contributed by atoms with Gasteiger partial charge in [0.05, 0.1) is 11.4 Å². The van der Waals surface area contributed by atoms with Crippen LogP contribution in [-0.2, 0) is 10.0 Å². The van der Waals surface area contributed by atoms with Crippen molar-refractivity contribution in [2.45, 2.75) is 27.2 Å². The minimum Gasteiger partial charge on any atom is -0.416 e. The second-order valence-electron chi connectivity index (χ2n) is 8.16. The smallest absolute Gasteiger partial charge is 0.255 e. The topological polar surface area (TPSA) is 114 Å². The fourth-order valence-corrected chi connectivity index (χ4v) is 4.78. The Labute approximate surface area is 204 Å². The number of sulfonamides is 1. The molecule has 0 atom stereocenters. The van der Waals surface area contributed by atoms with Crippen LogP contribution < -0.4 is 10.0 Å². The summed E-state index contributed by atoms with van der Waals surface area (Å²) < 4.78 is 32.7. The van der Waals surface area contributed by atoms with Crippen molar-refractivity contribution in [3.8, 4) is 22.9 Å². The maximum Gasteiger partial charge on any atom is 0.255 e. The van der Waals surface area contributed by atoms with E-state index in [4.69, 9.17) is 4.42 Å². The average molecular weight is 491 g/mol. The van der Waals surface area contributed by atoms with Gasteiger partial charge in [-0.25, -0.2) is 8.42 Å². The van der Waals surface area contributed by atoms with Gasteiger partial charge in [-0.1, -0.05) is 31.2 Å². The van der Waals surface area contributed by atoms with E-state index in [0.717, 1.165) is 11.1 Å². The van der Waals surface area contributed by atoms with Crippen molar-refractivity contribution in [1.29, 1.82) is 0 Å². The normalized spacial score (nSPS) is 11.3. The van der Waals surface area contributed by atoms with Crippen molar-refractivity contribution < 1.29 is 17.6 Å². The van der Waals surface area contributed by atoms with Gasteiger partial charge in [-0.2, -0.15) is 0 Å². The summed E-state index contributed by atoms with van der Waals surface area (Å²) in [6.07, 6.45) is 0.512. The molecular weight excluding hydrogens is 464 g/mol. The first-order valence-corrected chi connectivity index (χ1v) is 12.8. The Bertz CT molecular complexity index is 1460. The first-order valence-electron chi connectivity index (χ1n) is 11.2. The summed E-state index contributed by atoms with van der Waals surface area (Å²) in [5.74, 6) is 0.504. The molecule has 2 N–H and O–H groups in total. The third kappa shape index (κ3) is 5.58. The fraction of sp³-hybridized carbons (Fsp3) is 0.192. The third-order valence-corrected chi connectivity index (χ3v) is 6.99. The SMILES string of the molecule is CCCS(=O)(=O)Nc1cccc(NC(=O)c2ccc(-c3nnc(-c4ccccc4C)o3)cc2)c1C. The number of aryl methyl sites for hydroxylation is 1. The van der Waals surface area contributed by atoms with Gasteiger partial charge in [-0.3, -0.25) is 9.52 Å². The second-order valence-corrected chi connectivity index (χ2v) is 10.00. The number of benzene rings is 3. The Hall–Kier alpha value is -3.98. The minimum atomic E-state index is -3.44. The molecule has 1 aromatic heterocycles. The van der Waals surface area contributed by atoms with Crippen LogP contribution in [0, 0.1) is 13.8 Å². The number of nitrogens with zero attached hydrogens (tertiary/aromatic N) is 2. The number of carbonyl (C=O) groups is 1. The van der Waals surface area contributed by atoms with Crippen LogP contribution in [0.5, 0.6) is 0 Å². The molecule has 0 bridgehead atoms. The van der Waals surface area contributed by atoms with E-state index in [1.807, 2.05) is 31.2 Å². The lowest BCUT2D eigenvalue weighted by atomic mass is 10.1. The van der Waals surface area contributed by atoms with E-state index in [2.05, 4.69) is 20.2 Å². The summed E-state index contributed by atoms with van der Waals surface area (Å²) in [4.78, 5) is 12.8. The molecule has 0 aliphatic rings. The quantitative estimate of drug-likeness (QED) is 0.341. The molecule has 9 heteroatoms. The van der Waals surface area contributed by atoms with Gasteiger partial charge in [-0.05, 0) is 73.9 Å². The van der Waals surface area contributed by atoms with E-state index >= 15 is 0 Å². The van der Waals surface area contributed by atoms with Crippen LogP contribution in [0.1, 0.15) is 34.8 Å². The van der Waals surface area contributed by atoms with E-state index in [1.54, 1.807) is 56.3 Å². The molecule has 8 nitrogen and oxygen atoms in total. The molecule has 0 spiro atoms. The molecule has 0 aliphatic heterocycles. The van der Waals surface area contributed by atoms with Gasteiger partial charge in [0.2, 0.25) is 21.8 Å². The third-order valence-electron chi connectivity index (χ3n) is 5.51. The van der Waals surface area contributed by atoms with Gasteiger partial charge in [0.25, 0.3) is 5.91 Å². The molecule has 4 aromatic rings. The summed E-state index contributed by atoms with van der Waals surface area (Å²) in [6.45, 7) is 5.53. The number of rotatable bonds is 8.